The van der Waals surface area contributed by atoms with Crippen LogP contribution in [-0.4, -0.2) is 29.4 Å². The van der Waals surface area contributed by atoms with Crippen LogP contribution < -0.4 is 0 Å². The standard InChI is InChI=1S/C6H7NO2S/c8-4-5(9)3-6-7-1-2-10-6/h4H,1-3H2. The third kappa shape index (κ3) is 1.95. The van der Waals surface area contributed by atoms with Crippen molar-refractivity contribution in [3.8, 4) is 0 Å². The molecule has 0 atom stereocenters. The summed E-state index contributed by atoms with van der Waals surface area (Å²) in [6.07, 6.45) is 0.551. The Labute approximate surface area is 62.9 Å². The SMILES string of the molecule is O=CC(=O)CC1=NCCS1. The van der Waals surface area contributed by atoms with Crippen LogP contribution in [0.15, 0.2) is 4.99 Å². The summed E-state index contributed by atoms with van der Waals surface area (Å²) in [5, 5.41) is 0.803. The van der Waals surface area contributed by atoms with Gasteiger partial charge in [0.1, 0.15) is 0 Å². The first-order valence-electron chi connectivity index (χ1n) is 2.97. The van der Waals surface area contributed by atoms with Gasteiger partial charge in [0.15, 0.2) is 6.29 Å². The van der Waals surface area contributed by atoms with Crippen LogP contribution in [0.4, 0.5) is 0 Å². The fourth-order valence-electron chi connectivity index (χ4n) is 0.677. The van der Waals surface area contributed by atoms with Gasteiger partial charge in [-0.2, -0.15) is 0 Å². The molecule has 0 radical (unpaired) electrons. The normalized spacial score (nSPS) is 16.6. The fourth-order valence-corrected chi connectivity index (χ4v) is 1.52. The highest BCUT2D eigenvalue weighted by atomic mass is 32.2. The van der Waals surface area contributed by atoms with Crippen LogP contribution in [0.5, 0.6) is 0 Å². The first-order chi connectivity index (χ1) is 4.83. The number of hydrogen-bond acceptors (Lipinski definition) is 4. The van der Waals surface area contributed by atoms with Crippen LogP contribution in [0.2, 0.25) is 0 Å². The summed E-state index contributed by atoms with van der Waals surface area (Å²) in [6.45, 7) is 0.784. The van der Waals surface area contributed by atoms with Crippen LogP contribution in [0, 0.1) is 0 Å². The number of ketones is 1. The summed E-state index contributed by atoms with van der Waals surface area (Å²) in [5.74, 6) is 0.565. The lowest BCUT2D eigenvalue weighted by molar-refractivity contribution is -0.129. The van der Waals surface area contributed by atoms with Crippen LogP contribution in [-0.2, 0) is 9.59 Å². The monoisotopic (exact) mass is 157 g/mol. The zero-order valence-corrected chi connectivity index (χ0v) is 6.19. The molecule has 0 unspecified atom stereocenters. The Hall–Kier alpha value is -0.640. The van der Waals surface area contributed by atoms with Gasteiger partial charge in [-0.3, -0.25) is 14.6 Å². The van der Waals surface area contributed by atoms with E-state index < -0.39 is 0 Å². The molecule has 1 aliphatic heterocycles. The van der Waals surface area contributed by atoms with Crippen molar-refractivity contribution in [1.82, 2.24) is 0 Å². The molecule has 3 nitrogen and oxygen atoms in total. The van der Waals surface area contributed by atoms with Crippen LogP contribution in [0.25, 0.3) is 0 Å². The third-order valence-electron chi connectivity index (χ3n) is 1.11. The Morgan fingerprint density at radius 1 is 1.80 bits per heavy atom. The van der Waals surface area contributed by atoms with Crippen LogP contribution in [0.3, 0.4) is 0 Å². The molecule has 10 heavy (non-hydrogen) atoms. The Morgan fingerprint density at radius 3 is 3.10 bits per heavy atom. The van der Waals surface area contributed by atoms with Crippen molar-refractivity contribution in [1.29, 1.82) is 0 Å². The number of carbonyl (C=O) groups is 2. The molecule has 0 aliphatic carbocycles. The number of aliphatic imine (C=N–C) groups is 1. The summed E-state index contributed by atoms with van der Waals surface area (Å²) in [7, 11) is 0. The summed E-state index contributed by atoms with van der Waals surface area (Å²) in [4.78, 5) is 24.4. The molecule has 0 aromatic rings. The summed E-state index contributed by atoms with van der Waals surface area (Å²) in [5.41, 5.74) is 0. The minimum absolute atomic E-state index is 0.203. The van der Waals surface area contributed by atoms with E-state index in [0.717, 1.165) is 17.3 Å². The molecule has 0 aromatic heterocycles. The van der Waals surface area contributed by atoms with E-state index in [0.29, 0.717) is 6.29 Å². The number of nitrogens with zero attached hydrogens (tertiary/aromatic N) is 1. The highest BCUT2D eigenvalue weighted by molar-refractivity contribution is 8.14. The quantitative estimate of drug-likeness (QED) is 0.437. The van der Waals surface area contributed by atoms with E-state index in [1.807, 2.05) is 0 Å². The lowest BCUT2D eigenvalue weighted by Crippen LogP contribution is -2.03. The predicted octanol–water partition coefficient (Wildman–Crippen LogP) is 0.290. The van der Waals surface area contributed by atoms with Gasteiger partial charge in [-0.15, -0.1) is 11.8 Å². The van der Waals surface area contributed by atoms with Crippen LogP contribution >= 0.6 is 11.8 Å². The van der Waals surface area contributed by atoms with Crippen LogP contribution in [0.1, 0.15) is 6.42 Å². The number of Topliss-reactive ketones (excluding diaryl/α,β-unsaturated/α-hetero) is 1. The molecule has 0 saturated heterocycles. The van der Waals surface area contributed by atoms with Gasteiger partial charge in [-0.05, 0) is 0 Å². The third-order valence-corrected chi connectivity index (χ3v) is 2.10. The number of carbonyl (C=O) groups excluding carboxylic acids is 2. The van der Waals surface area contributed by atoms with E-state index in [4.69, 9.17) is 0 Å². The maximum Gasteiger partial charge on any atom is 0.201 e. The van der Waals surface area contributed by atoms with Gasteiger partial charge in [-0.25, -0.2) is 0 Å². The largest absolute Gasteiger partial charge is 0.295 e. The van der Waals surface area contributed by atoms with Gasteiger partial charge in [-0.1, -0.05) is 0 Å². The van der Waals surface area contributed by atoms with E-state index >= 15 is 0 Å². The van der Waals surface area contributed by atoms with E-state index in [2.05, 4.69) is 4.99 Å². The summed E-state index contributed by atoms with van der Waals surface area (Å²) >= 11 is 1.56. The first-order valence-corrected chi connectivity index (χ1v) is 3.95. The minimum Gasteiger partial charge on any atom is -0.295 e. The van der Waals surface area contributed by atoms with Crippen molar-refractivity contribution in [2.45, 2.75) is 6.42 Å². The molecular formula is C6H7NO2S. The van der Waals surface area contributed by atoms with Gasteiger partial charge in [0.05, 0.1) is 11.5 Å². The summed E-state index contributed by atoms with van der Waals surface area (Å²) in [6, 6.07) is 0. The average molecular weight is 157 g/mol. The zero-order valence-electron chi connectivity index (χ0n) is 5.37. The molecule has 1 aliphatic rings. The molecule has 0 bridgehead atoms. The molecule has 0 aromatic carbocycles. The van der Waals surface area contributed by atoms with Gasteiger partial charge in [0.2, 0.25) is 5.78 Å². The van der Waals surface area contributed by atoms with Gasteiger partial charge in [0, 0.05) is 12.3 Å². The van der Waals surface area contributed by atoms with Crippen molar-refractivity contribution >= 4 is 28.9 Å². The first kappa shape index (κ1) is 7.47. The molecule has 0 spiro atoms. The predicted molar refractivity (Wildman–Crippen MR) is 40.4 cm³/mol. The van der Waals surface area contributed by atoms with Crippen molar-refractivity contribution < 1.29 is 9.59 Å². The Bertz CT molecular complexity index is 188. The number of rotatable bonds is 3. The number of aldehydes is 1. The molecule has 0 N–H and O–H groups in total. The minimum atomic E-state index is -0.381. The Balaban J connectivity index is 2.37. The number of thioether (sulfide) groups is 1. The van der Waals surface area contributed by atoms with Gasteiger partial charge >= 0.3 is 0 Å². The Morgan fingerprint density at radius 2 is 2.60 bits per heavy atom. The summed E-state index contributed by atoms with van der Waals surface area (Å²) < 4.78 is 0. The molecule has 54 valence electrons. The van der Waals surface area contributed by atoms with Crippen molar-refractivity contribution in [3.63, 3.8) is 0 Å². The van der Waals surface area contributed by atoms with Crippen molar-refractivity contribution in [3.05, 3.63) is 0 Å². The molecule has 4 heteroatoms. The maximum absolute atomic E-state index is 10.5. The van der Waals surface area contributed by atoms with E-state index in [1.54, 1.807) is 11.8 Å². The van der Waals surface area contributed by atoms with Crippen molar-refractivity contribution in [2.24, 2.45) is 4.99 Å². The number of hydrogen-bond donors (Lipinski definition) is 0. The lowest BCUT2D eigenvalue weighted by Gasteiger charge is -1.90. The average Bonchev–Trinajstić information content (AvgIpc) is 2.40. The van der Waals surface area contributed by atoms with E-state index in [-0.39, 0.29) is 12.2 Å². The zero-order chi connectivity index (χ0) is 7.40. The van der Waals surface area contributed by atoms with Gasteiger partial charge < -0.3 is 0 Å². The van der Waals surface area contributed by atoms with E-state index in [9.17, 15) is 9.59 Å². The second-order valence-electron chi connectivity index (χ2n) is 1.88. The molecule has 1 rings (SSSR count). The highest BCUT2D eigenvalue weighted by Gasteiger charge is 2.10. The highest BCUT2D eigenvalue weighted by Crippen LogP contribution is 2.13. The molecule has 0 saturated carbocycles. The molecule has 0 fully saturated rings. The maximum atomic E-state index is 10.5. The molecule has 1 heterocycles. The van der Waals surface area contributed by atoms with E-state index in [1.165, 1.54) is 0 Å². The van der Waals surface area contributed by atoms with Gasteiger partial charge in [0.25, 0.3) is 0 Å². The topological polar surface area (TPSA) is 46.5 Å². The second kappa shape index (κ2) is 3.51. The second-order valence-corrected chi connectivity index (χ2v) is 3.05. The smallest absolute Gasteiger partial charge is 0.201 e. The lowest BCUT2D eigenvalue weighted by atomic mass is 10.3. The van der Waals surface area contributed by atoms with Crippen molar-refractivity contribution in [2.75, 3.05) is 12.3 Å². The Kier molecular flexibility index (Phi) is 2.62. The fraction of sp³-hybridized carbons (Fsp3) is 0.500. The molecular weight excluding hydrogens is 150 g/mol. The molecule has 0 amide bonds.